The van der Waals surface area contributed by atoms with Crippen molar-refractivity contribution in [3.05, 3.63) is 74.6 Å². The fourth-order valence-corrected chi connectivity index (χ4v) is 4.00. The van der Waals surface area contributed by atoms with Gasteiger partial charge in [-0.2, -0.15) is 10.2 Å². The lowest BCUT2D eigenvalue weighted by Crippen LogP contribution is -2.13. The van der Waals surface area contributed by atoms with Crippen LogP contribution in [0.3, 0.4) is 0 Å². The Morgan fingerprint density at radius 1 is 1.19 bits per heavy atom. The third kappa shape index (κ3) is 5.01. The van der Waals surface area contributed by atoms with Gasteiger partial charge in [0.1, 0.15) is 5.69 Å². The van der Waals surface area contributed by atoms with Crippen LogP contribution in [0.4, 0.5) is 17.1 Å². The molecule has 0 amide bonds. The van der Waals surface area contributed by atoms with Gasteiger partial charge in [-0.3, -0.25) is 24.9 Å². The zero-order chi connectivity index (χ0) is 22.8. The van der Waals surface area contributed by atoms with Gasteiger partial charge in [-0.1, -0.05) is 11.6 Å². The van der Waals surface area contributed by atoms with Gasteiger partial charge >= 0.3 is 0 Å². The molecule has 1 aromatic heterocycles. The Hall–Kier alpha value is -3.44. The first kappa shape index (κ1) is 22.2. The Labute approximate surface area is 183 Å². The summed E-state index contributed by atoms with van der Waals surface area (Å²) in [7, 11) is -2.24. The third-order valence-electron chi connectivity index (χ3n) is 4.52. The molecule has 0 aliphatic heterocycles. The molecule has 0 atom stereocenters. The van der Waals surface area contributed by atoms with Gasteiger partial charge < -0.3 is 0 Å². The number of aromatic nitrogens is 2. The Balaban J connectivity index is 1.86. The summed E-state index contributed by atoms with van der Waals surface area (Å²) in [6.45, 7) is 3.70. The first-order valence-electron chi connectivity index (χ1n) is 8.94. The number of nitrogens with one attached hydrogen (secondary N) is 2. The predicted molar refractivity (Wildman–Crippen MR) is 119 cm³/mol. The van der Waals surface area contributed by atoms with E-state index in [1.54, 1.807) is 11.7 Å². The molecule has 0 bridgehead atoms. The smallest absolute Gasteiger partial charge is 0.280 e. The van der Waals surface area contributed by atoms with E-state index in [0.29, 0.717) is 5.02 Å². The summed E-state index contributed by atoms with van der Waals surface area (Å²) in [6, 6.07) is 9.54. The number of nitro benzene ring substituents is 1. The first-order valence-corrected chi connectivity index (χ1v) is 10.8. The van der Waals surface area contributed by atoms with E-state index in [9.17, 15) is 18.5 Å². The molecule has 12 heteroatoms. The highest BCUT2D eigenvalue weighted by atomic mass is 35.5. The minimum Gasteiger partial charge on any atom is -0.280 e. The summed E-state index contributed by atoms with van der Waals surface area (Å²) in [5.74, 6) is 0. The SMILES string of the molecule is Cc1nn(C)c(C)c1/C=N/Nc1ccc(S(=O)(=O)Nc2ccc(Cl)cc2)cc1[N+](=O)[O-]. The van der Waals surface area contributed by atoms with Crippen molar-refractivity contribution in [2.45, 2.75) is 18.7 Å². The van der Waals surface area contributed by atoms with E-state index in [2.05, 4.69) is 20.3 Å². The highest BCUT2D eigenvalue weighted by Crippen LogP contribution is 2.29. The molecule has 3 aromatic rings. The van der Waals surface area contributed by atoms with Crippen molar-refractivity contribution in [2.75, 3.05) is 10.1 Å². The topological polar surface area (TPSA) is 132 Å². The third-order valence-corrected chi connectivity index (χ3v) is 6.15. The average molecular weight is 463 g/mol. The molecule has 2 aromatic carbocycles. The minimum atomic E-state index is -4.05. The molecule has 0 aliphatic carbocycles. The van der Waals surface area contributed by atoms with Crippen molar-refractivity contribution < 1.29 is 13.3 Å². The Kier molecular flexibility index (Phi) is 6.27. The van der Waals surface area contributed by atoms with Gasteiger partial charge in [0.15, 0.2) is 0 Å². The van der Waals surface area contributed by atoms with Gasteiger partial charge in [-0.15, -0.1) is 0 Å². The van der Waals surface area contributed by atoms with E-state index < -0.39 is 20.6 Å². The van der Waals surface area contributed by atoms with Gasteiger partial charge in [-0.05, 0) is 50.2 Å². The fourth-order valence-electron chi connectivity index (χ4n) is 2.80. The Morgan fingerprint density at radius 2 is 1.87 bits per heavy atom. The summed E-state index contributed by atoms with van der Waals surface area (Å²) in [5.41, 5.74) is 4.92. The van der Waals surface area contributed by atoms with Crippen molar-refractivity contribution in [2.24, 2.45) is 12.1 Å². The largest absolute Gasteiger partial charge is 0.295 e. The summed E-state index contributed by atoms with van der Waals surface area (Å²) < 4.78 is 29.3. The maximum atomic E-state index is 12.6. The molecule has 1 heterocycles. The number of rotatable bonds is 7. The molecule has 0 saturated heterocycles. The number of aryl methyl sites for hydroxylation is 2. The molecule has 0 spiro atoms. The second-order valence-corrected chi connectivity index (χ2v) is 8.75. The number of nitrogens with zero attached hydrogens (tertiary/aromatic N) is 4. The number of hydrazone groups is 1. The Morgan fingerprint density at radius 3 is 2.45 bits per heavy atom. The van der Waals surface area contributed by atoms with Gasteiger partial charge in [-0.25, -0.2) is 8.42 Å². The number of hydrogen-bond donors (Lipinski definition) is 2. The van der Waals surface area contributed by atoms with Crippen LogP contribution in [0.25, 0.3) is 0 Å². The van der Waals surface area contributed by atoms with Gasteiger partial charge in [0.25, 0.3) is 15.7 Å². The van der Waals surface area contributed by atoms with Crippen LogP contribution in [0, 0.1) is 24.0 Å². The second-order valence-electron chi connectivity index (χ2n) is 6.63. The predicted octanol–water partition coefficient (Wildman–Crippen LogP) is 3.85. The fraction of sp³-hybridized carbons (Fsp3) is 0.158. The maximum Gasteiger partial charge on any atom is 0.295 e. The molecule has 2 N–H and O–H groups in total. The lowest BCUT2D eigenvalue weighted by atomic mass is 10.2. The molecule has 31 heavy (non-hydrogen) atoms. The zero-order valence-corrected chi connectivity index (χ0v) is 18.4. The molecular weight excluding hydrogens is 444 g/mol. The summed E-state index contributed by atoms with van der Waals surface area (Å²) in [6.07, 6.45) is 1.51. The number of nitro groups is 1. The molecule has 0 fully saturated rings. The number of sulfonamides is 1. The minimum absolute atomic E-state index is 0.0471. The van der Waals surface area contributed by atoms with Crippen molar-refractivity contribution in [3.63, 3.8) is 0 Å². The monoisotopic (exact) mass is 462 g/mol. The molecule has 0 aliphatic rings. The van der Waals surface area contributed by atoms with E-state index in [4.69, 9.17) is 11.6 Å². The van der Waals surface area contributed by atoms with Crippen LogP contribution >= 0.6 is 11.6 Å². The molecular formula is C19H19ClN6O4S. The molecule has 0 radical (unpaired) electrons. The number of hydrogen-bond acceptors (Lipinski definition) is 7. The first-order chi connectivity index (χ1) is 14.6. The summed E-state index contributed by atoms with van der Waals surface area (Å²) in [4.78, 5) is 10.6. The summed E-state index contributed by atoms with van der Waals surface area (Å²) >= 11 is 5.80. The Bertz CT molecular complexity index is 1270. The number of benzene rings is 2. The molecule has 10 nitrogen and oxygen atoms in total. The molecule has 3 rings (SSSR count). The maximum absolute atomic E-state index is 12.6. The van der Waals surface area contributed by atoms with Crippen molar-refractivity contribution in [3.8, 4) is 0 Å². The highest BCUT2D eigenvalue weighted by Gasteiger charge is 2.21. The van der Waals surface area contributed by atoms with Gasteiger partial charge in [0, 0.05) is 35.1 Å². The van der Waals surface area contributed by atoms with E-state index in [0.717, 1.165) is 23.0 Å². The van der Waals surface area contributed by atoms with E-state index >= 15 is 0 Å². The summed E-state index contributed by atoms with van der Waals surface area (Å²) in [5, 5.41) is 20.3. The van der Waals surface area contributed by atoms with Crippen LogP contribution in [0.15, 0.2) is 52.5 Å². The van der Waals surface area contributed by atoms with Crippen LogP contribution in [0.1, 0.15) is 17.0 Å². The van der Waals surface area contributed by atoms with Crippen LogP contribution in [0.2, 0.25) is 5.02 Å². The number of anilines is 2. The van der Waals surface area contributed by atoms with Crippen LogP contribution in [-0.2, 0) is 17.1 Å². The zero-order valence-electron chi connectivity index (χ0n) is 16.8. The van der Waals surface area contributed by atoms with Crippen LogP contribution in [0.5, 0.6) is 0 Å². The second kappa shape index (κ2) is 8.74. The van der Waals surface area contributed by atoms with Gasteiger partial charge in [0.05, 0.1) is 21.7 Å². The molecule has 162 valence electrons. The standard InChI is InChI=1S/C19H19ClN6O4S/c1-12-17(13(2)25(3)23-12)11-21-22-18-9-8-16(10-19(18)26(27)28)31(29,30)24-15-6-4-14(20)5-7-15/h4-11,22,24H,1-3H3/b21-11+. The quantitative estimate of drug-likeness (QED) is 0.311. The molecule has 0 unspecified atom stereocenters. The normalized spacial score (nSPS) is 11.6. The van der Waals surface area contributed by atoms with Gasteiger partial charge in [0.2, 0.25) is 0 Å². The van der Waals surface area contributed by atoms with E-state index in [1.807, 2.05) is 13.8 Å². The highest BCUT2D eigenvalue weighted by molar-refractivity contribution is 7.92. The van der Waals surface area contributed by atoms with Crippen LogP contribution in [-0.4, -0.2) is 29.3 Å². The molecule has 0 saturated carbocycles. The van der Waals surface area contributed by atoms with E-state index in [1.165, 1.54) is 42.6 Å². The average Bonchev–Trinajstić information content (AvgIpc) is 2.95. The lowest BCUT2D eigenvalue weighted by Gasteiger charge is -2.09. The lowest BCUT2D eigenvalue weighted by molar-refractivity contribution is -0.384. The number of halogens is 1. The van der Waals surface area contributed by atoms with Crippen LogP contribution < -0.4 is 10.1 Å². The van der Waals surface area contributed by atoms with Crippen molar-refractivity contribution in [1.29, 1.82) is 0 Å². The van der Waals surface area contributed by atoms with Crippen molar-refractivity contribution in [1.82, 2.24) is 9.78 Å². The van der Waals surface area contributed by atoms with Crippen molar-refractivity contribution >= 4 is 44.9 Å². The van der Waals surface area contributed by atoms with E-state index in [-0.39, 0.29) is 16.3 Å².